The van der Waals surface area contributed by atoms with Crippen molar-refractivity contribution < 1.29 is 19.4 Å². The molecule has 34 heavy (non-hydrogen) atoms. The first kappa shape index (κ1) is 23.7. The summed E-state index contributed by atoms with van der Waals surface area (Å²) in [6.07, 6.45) is 1.82. The zero-order chi connectivity index (χ0) is 24.2. The fourth-order valence-electron chi connectivity index (χ4n) is 3.90. The molecule has 1 atom stereocenters. The van der Waals surface area contributed by atoms with Crippen LogP contribution in [0, 0.1) is 6.92 Å². The van der Waals surface area contributed by atoms with Gasteiger partial charge in [0.2, 0.25) is 0 Å². The van der Waals surface area contributed by atoms with Gasteiger partial charge in [0.25, 0.3) is 6.29 Å². The highest BCUT2D eigenvalue weighted by molar-refractivity contribution is 7.15. The molecule has 0 radical (unpaired) electrons. The van der Waals surface area contributed by atoms with E-state index in [9.17, 15) is 9.90 Å². The second-order valence-electron chi connectivity index (χ2n) is 8.39. The van der Waals surface area contributed by atoms with Crippen molar-refractivity contribution in [2.75, 3.05) is 19.4 Å². The van der Waals surface area contributed by atoms with Crippen molar-refractivity contribution in [3.8, 4) is 10.4 Å². The van der Waals surface area contributed by atoms with Gasteiger partial charge in [-0.2, -0.15) is 0 Å². The van der Waals surface area contributed by atoms with Crippen molar-refractivity contribution in [2.24, 2.45) is 0 Å². The van der Waals surface area contributed by atoms with E-state index in [1.54, 1.807) is 18.3 Å². The zero-order valence-corrected chi connectivity index (χ0v) is 20.4. The van der Waals surface area contributed by atoms with Crippen molar-refractivity contribution >= 4 is 23.1 Å². The van der Waals surface area contributed by atoms with Crippen LogP contribution in [0.1, 0.15) is 46.8 Å². The molecular formula is C25H28N4O4S. The Hall–Kier alpha value is -3.43. The van der Waals surface area contributed by atoms with Crippen LogP contribution < -0.4 is 5.32 Å². The number of ether oxygens (including phenoxy) is 2. The van der Waals surface area contributed by atoms with Gasteiger partial charge in [0, 0.05) is 16.3 Å². The molecular weight excluding hydrogens is 452 g/mol. The summed E-state index contributed by atoms with van der Waals surface area (Å²) in [4.78, 5) is 24.8. The predicted molar refractivity (Wildman–Crippen MR) is 131 cm³/mol. The fourth-order valence-corrected chi connectivity index (χ4v) is 4.97. The summed E-state index contributed by atoms with van der Waals surface area (Å²) in [5.74, 6) is 0.00152. The lowest BCUT2D eigenvalue weighted by atomic mass is 10.1. The van der Waals surface area contributed by atoms with Crippen molar-refractivity contribution in [1.82, 2.24) is 14.9 Å². The van der Waals surface area contributed by atoms with Crippen LogP contribution in [0.15, 0.2) is 48.9 Å². The number of thiophene rings is 1. The molecule has 2 N–H and O–H groups in total. The van der Waals surface area contributed by atoms with Gasteiger partial charge in [0.05, 0.1) is 23.7 Å². The molecule has 0 fully saturated rings. The van der Waals surface area contributed by atoms with E-state index in [2.05, 4.69) is 70.7 Å². The van der Waals surface area contributed by atoms with Crippen LogP contribution in [0.2, 0.25) is 0 Å². The molecule has 0 unspecified atom stereocenters. The third-order valence-corrected chi connectivity index (χ3v) is 6.63. The van der Waals surface area contributed by atoms with E-state index in [1.807, 2.05) is 6.92 Å². The first-order valence-corrected chi connectivity index (χ1v) is 11.8. The third kappa shape index (κ3) is 5.37. The zero-order valence-electron chi connectivity index (χ0n) is 19.6. The molecule has 1 aliphatic heterocycles. The van der Waals surface area contributed by atoms with Gasteiger partial charge in [-0.25, -0.2) is 9.97 Å². The van der Waals surface area contributed by atoms with E-state index < -0.39 is 12.3 Å². The van der Waals surface area contributed by atoms with E-state index >= 15 is 0 Å². The van der Waals surface area contributed by atoms with Crippen molar-refractivity contribution in [1.29, 1.82) is 0 Å². The number of benzene rings is 1. The van der Waals surface area contributed by atoms with Gasteiger partial charge in [-0.05, 0) is 51.2 Å². The number of carbonyl (C=O) groups is 1. The number of aliphatic carboxylic acids is 1. The summed E-state index contributed by atoms with van der Waals surface area (Å²) in [6.45, 7) is 4.65. The summed E-state index contributed by atoms with van der Waals surface area (Å²) >= 11 is 1.72. The van der Waals surface area contributed by atoms with Crippen LogP contribution in [0.25, 0.3) is 10.4 Å². The molecule has 2 aromatic heterocycles. The van der Waals surface area contributed by atoms with Crippen molar-refractivity contribution in [3.05, 3.63) is 76.4 Å². The van der Waals surface area contributed by atoms with Gasteiger partial charge in [-0.15, -0.1) is 11.3 Å². The Kier molecular flexibility index (Phi) is 7.14. The smallest absolute Gasteiger partial charge is 0.309 e. The van der Waals surface area contributed by atoms with Gasteiger partial charge in [-0.3, -0.25) is 4.79 Å². The Morgan fingerprint density at radius 1 is 1.18 bits per heavy atom. The third-order valence-electron chi connectivity index (χ3n) is 5.33. The first-order valence-electron chi connectivity index (χ1n) is 11.0. The molecule has 0 aliphatic carbocycles. The van der Waals surface area contributed by atoms with Gasteiger partial charge < -0.3 is 24.8 Å². The molecule has 0 bridgehead atoms. The van der Waals surface area contributed by atoms with Crippen LogP contribution >= 0.6 is 11.3 Å². The number of carboxylic acid groups (broad SMARTS) is 1. The standard InChI is InChI=1S/C25H28N4O4S/c1-15(20-9-10-21(34-20)18-8-6-5-7-17(18)14-29(3)4)26-24-23(25-32-11-12-33-25)19(13-22(30)31)27-16(2)28-24/h5-12,15,25H,13-14H2,1-4H3,(H,30,31)(H,26,27,28)/t15-/m1/s1. The number of rotatable bonds is 9. The van der Waals surface area contributed by atoms with Crippen LogP contribution in [0.3, 0.4) is 0 Å². The fraction of sp³-hybridized carbons (Fsp3) is 0.320. The molecule has 0 saturated carbocycles. The molecule has 0 saturated heterocycles. The van der Waals surface area contributed by atoms with Gasteiger partial charge in [0.15, 0.2) is 0 Å². The van der Waals surface area contributed by atoms with Crippen molar-refractivity contribution in [3.63, 3.8) is 0 Å². The number of nitrogens with one attached hydrogen (secondary N) is 1. The number of nitrogens with zero attached hydrogens (tertiary/aromatic N) is 3. The molecule has 178 valence electrons. The lowest BCUT2D eigenvalue weighted by Gasteiger charge is -2.21. The van der Waals surface area contributed by atoms with Gasteiger partial charge in [-0.1, -0.05) is 24.3 Å². The largest absolute Gasteiger partial charge is 0.481 e. The summed E-state index contributed by atoms with van der Waals surface area (Å²) in [5.41, 5.74) is 3.36. The van der Waals surface area contributed by atoms with E-state index in [1.165, 1.54) is 28.5 Å². The Bertz CT molecular complexity index is 1200. The number of aromatic nitrogens is 2. The highest BCUT2D eigenvalue weighted by Gasteiger charge is 2.28. The first-order chi connectivity index (χ1) is 16.3. The summed E-state index contributed by atoms with van der Waals surface area (Å²) in [5, 5.41) is 12.8. The number of hydrogen-bond acceptors (Lipinski definition) is 8. The minimum Gasteiger partial charge on any atom is -0.481 e. The Morgan fingerprint density at radius 2 is 1.91 bits per heavy atom. The molecule has 8 nitrogen and oxygen atoms in total. The Balaban J connectivity index is 1.63. The Labute approximate surface area is 202 Å². The average molecular weight is 481 g/mol. The second-order valence-corrected chi connectivity index (χ2v) is 9.50. The van der Waals surface area contributed by atoms with Gasteiger partial charge in [0.1, 0.15) is 24.2 Å². The predicted octanol–water partition coefficient (Wildman–Crippen LogP) is 4.89. The summed E-state index contributed by atoms with van der Waals surface area (Å²) in [7, 11) is 4.13. The molecule has 0 spiro atoms. The maximum Gasteiger partial charge on any atom is 0.309 e. The Morgan fingerprint density at radius 3 is 2.62 bits per heavy atom. The molecule has 1 aliphatic rings. The maximum absolute atomic E-state index is 11.5. The number of anilines is 1. The van der Waals surface area contributed by atoms with Crippen LogP contribution in [-0.2, 0) is 27.2 Å². The normalized spacial score (nSPS) is 14.1. The summed E-state index contributed by atoms with van der Waals surface area (Å²) in [6, 6.07) is 12.6. The molecule has 9 heteroatoms. The minimum atomic E-state index is -0.983. The second kappa shape index (κ2) is 10.2. The van der Waals surface area contributed by atoms with Gasteiger partial charge >= 0.3 is 5.97 Å². The molecule has 3 heterocycles. The van der Waals surface area contributed by atoms with E-state index in [0.717, 1.165) is 11.4 Å². The van der Waals surface area contributed by atoms with Crippen molar-refractivity contribution in [2.45, 2.75) is 39.1 Å². The highest BCUT2D eigenvalue weighted by Crippen LogP contribution is 2.37. The molecule has 1 aromatic carbocycles. The van der Waals surface area contributed by atoms with Crippen LogP contribution in [0.5, 0.6) is 0 Å². The lowest BCUT2D eigenvalue weighted by Crippen LogP contribution is -2.17. The molecule has 3 aromatic rings. The quantitative estimate of drug-likeness (QED) is 0.447. The minimum absolute atomic E-state index is 0.0835. The lowest BCUT2D eigenvalue weighted by molar-refractivity contribution is -0.136. The number of hydrogen-bond donors (Lipinski definition) is 2. The van der Waals surface area contributed by atoms with E-state index in [4.69, 9.17) is 9.47 Å². The summed E-state index contributed by atoms with van der Waals surface area (Å²) < 4.78 is 11.0. The van der Waals surface area contributed by atoms with E-state index in [0.29, 0.717) is 22.9 Å². The van der Waals surface area contributed by atoms with E-state index in [-0.39, 0.29) is 12.5 Å². The van der Waals surface area contributed by atoms with Crippen LogP contribution in [0.4, 0.5) is 5.82 Å². The number of carboxylic acids is 1. The SMILES string of the molecule is Cc1nc(CC(=O)O)c(C2OC=CO2)c(N[C@H](C)c2ccc(-c3ccccc3CN(C)C)s2)n1. The maximum atomic E-state index is 11.5. The topological polar surface area (TPSA) is 96.8 Å². The molecule has 4 rings (SSSR count). The average Bonchev–Trinajstić information content (AvgIpc) is 3.45. The highest BCUT2D eigenvalue weighted by atomic mass is 32.1. The molecule has 0 amide bonds. The van der Waals surface area contributed by atoms with Crippen LogP contribution in [-0.4, -0.2) is 40.0 Å². The monoisotopic (exact) mass is 480 g/mol. The number of aryl methyl sites for hydroxylation is 1.